The Bertz CT molecular complexity index is 1020. The molecule has 166 valence electrons. The van der Waals surface area contributed by atoms with Crippen LogP contribution in [-0.4, -0.2) is 19.0 Å². The van der Waals surface area contributed by atoms with Gasteiger partial charge in [-0.05, 0) is 61.1 Å². The molecule has 1 heterocycles. The molecule has 1 fully saturated rings. The van der Waals surface area contributed by atoms with Crippen molar-refractivity contribution in [3.8, 4) is 5.75 Å². The molecule has 1 N–H and O–H groups in total. The molecule has 0 spiro atoms. The first kappa shape index (κ1) is 21.9. The standard InChI is InChI=1S/C28H32N2O2/c1-21-9-8-18-30(19-21)25-16-14-24(15-17-25)22(2)29-28(31)26-12-6-7-13-27(26)32-20-23-10-4-3-5-11-23/h3-7,10-17,21-22H,8-9,18-20H2,1-2H3,(H,29,31)/t21-,22+/m0/s1. The number of amides is 1. The van der Waals surface area contributed by atoms with Crippen LogP contribution >= 0.6 is 0 Å². The van der Waals surface area contributed by atoms with E-state index < -0.39 is 0 Å². The Morgan fingerprint density at radius 3 is 2.50 bits per heavy atom. The number of benzene rings is 3. The average Bonchev–Trinajstić information content (AvgIpc) is 2.83. The monoisotopic (exact) mass is 428 g/mol. The predicted molar refractivity (Wildman–Crippen MR) is 130 cm³/mol. The van der Waals surface area contributed by atoms with Gasteiger partial charge in [0.15, 0.2) is 0 Å². The zero-order chi connectivity index (χ0) is 22.3. The molecule has 32 heavy (non-hydrogen) atoms. The Morgan fingerprint density at radius 2 is 1.75 bits per heavy atom. The molecule has 0 bridgehead atoms. The smallest absolute Gasteiger partial charge is 0.255 e. The number of rotatable bonds is 7. The van der Waals surface area contributed by atoms with Crippen LogP contribution in [0.3, 0.4) is 0 Å². The highest BCUT2D eigenvalue weighted by Crippen LogP contribution is 2.25. The Balaban J connectivity index is 1.39. The van der Waals surface area contributed by atoms with E-state index >= 15 is 0 Å². The third-order valence-electron chi connectivity index (χ3n) is 6.13. The lowest BCUT2D eigenvalue weighted by Gasteiger charge is -2.33. The Labute approximate surface area is 191 Å². The van der Waals surface area contributed by atoms with E-state index in [0.29, 0.717) is 17.9 Å². The lowest BCUT2D eigenvalue weighted by molar-refractivity contribution is 0.0935. The maximum absolute atomic E-state index is 13.0. The lowest BCUT2D eigenvalue weighted by atomic mass is 9.99. The number of carbonyl (C=O) groups excluding carboxylic acids is 1. The van der Waals surface area contributed by atoms with Crippen LogP contribution in [0.15, 0.2) is 78.9 Å². The highest BCUT2D eigenvalue weighted by molar-refractivity contribution is 5.97. The van der Waals surface area contributed by atoms with Gasteiger partial charge in [-0.1, -0.05) is 61.5 Å². The summed E-state index contributed by atoms with van der Waals surface area (Å²) in [7, 11) is 0. The minimum atomic E-state index is -0.130. The van der Waals surface area contributed by atoms with Crippen molar-refractivity contribution in [2.24, 2.45) is 5.92 Å². The number of ether oxygens (including phenoxy) is 1. The van der Waals surface area contributed by atoms with Crippen molar-refractivity contribution in [3.63, 3.8) is 0 Å². The predicted octanol–water partition coefficient (Wildman–Crippen LogP) is 5.99. The largest absolute Gasteiger partial charge is 0.488 e. The van der Waals surface area contributed by atoms with Gasteiger partial charge in [0.25, 0.3) is 5.91 Å². The van der Waals surface area contributed by atoms with E-state index in [9.17, 15) is 4.79 Å². The fourth-order valence-corrected chi connectivity index (χ4v) is 4.27. The molecule has 0 aliphatic carbocycles. The molecule has 1 amide bonds. The van der Waals surface area contributed by atoms with Crippen LogP contribution in [0.5, 0.6) is 5.75 Å². The van der Waals surface area contributed by atoms with Gasteiger partial charge in [-0.2, -0.15) is 0 Å². The summed E-state index contributed by atoms with van der Waals surface area (Å²) < 4.78 is 5.96. The molecule has 4 nitrogen and oxygen atoms in total. The molecule has 0 aromatic heterocycles. The molecule has 3 aromatic carbocycles. The van der Waals surface area contributed by atoms with E-state index in [-0.39, 0.29) is 11.9 Å². The first-order chi connectivity index (χ1) is 15.6. The summed E-state index contributed by atoms with van der Waals surface area (Å²) in [5.74, 6) is 1.21. The van der Waals surface area contributed by atoms with Crippen molar-refractivity contribution in [1.82, 2.24) is 5.32 Å². The normalized spacial score (nSPS) is 16.9. The molecule has 4 rings (SSSR count). The van der Waals surface area contributed by atoms with Crippen LogP contribution in [0.1, 0.15) is 54.2 Å². The Morgan fingerprint density at radius 1 is 1.03 bits per heavy atom. The molecule has 2 atom stereocenters. The summed E-state index contributed by atoms with van der Waals surface area (Å²) >= 11 is 0. The topological polar surface area (TPSA) is 41.6 Å². The second-order valence-corrected chi connectivity index (χ2v) is 8.75. The molecule has 4 heteroatoms. The fourth-order valence-electron chi connectivity index (χ4n) is 4.27. The molecular formula is C28H32N2O2. The van der Waals surface area contributed by atoms with Gasteiger partial charge in [0.05, 0.1) is 11.6 Å². The second-order valence-electron chi connectivity index (χ2n) is 8.75. The summed E-state index contributed by atoms with van der Waals surface area (Å²) in [4.78, 5) is 15.5. The zero-order valence-electron chi connectivity index (χ0n) is 19.0. The fraction of sp³-hybridized carbons (Fsp3) is 0.321. The highest BCUT2D eigenvalue weighted by atomic mass is 16.5. The number of piperidine rings is 1. The van der Waals surface area contributed by atoms with Crippen LogP contribution in [0.25, 0.3) is 0 Å². The Kier molecular flexibility index (Phi) is 7.10. The van der Waals surface area contributed by atoms with E-state index in [1.165, 1.54) is 18.5 Å². The van der Waals surface area contributed by atoms with Crippen molar-refractivity contribution >= 4 is 11.6 Å². The van der Waals surface area contributed by atoms with Crippen molar-refractivity contribution in [2.45, 2.75) is 39.3 Å². The summed E-state index contributed by atoms with van der Waals surface area (Å²) in [6.45, 7) is 7.00. The van der Waals surface area contributed by atoms with Gasteiger partial charge in [0, 0.05) is 18.8 Å². The third kappa shape index (κ3) is 5.50. The van der Waals surface area contributed by atoms with Gasteiger partial charge in [0.1, 0.15) is 12.4 Å². The van der Waals surface area contributed by atoms with Crippen molar-refractivity contribution in [1.29, 1.82) is 0 Å². The van der Waals surface area contributed by atoms with E-state index in [1.807, 2.05) is 61.5 Å². The van der Waals surface area contributed by atoms with E-state index in [2.05, 4.69) is 41.4 Å². The summed E-state index contributed by atoms with van der Waals surface area (Å²) in [5, 5.41) is 3.12. The molecule has 0 saturated carbocycles. The molecule has 0 unspecified atom stereocenters. The van der Waals surface area contributed by atoms with Crippen LogP contribution in [-0.2, 0) is 6.61 Å². The van der Waals surface area contributed by atoms with Gasteiger partial charge in [-0.3, -0.25) is 4.79 Å². The minimum Gasteiger partial charge on any atom is -0.488 e. The van der Waals surface area contributed by atoms with Crippen molar-refractivity contribution in [3.05, 3.63) is 95.6 Å². The number of nitrogens with one attached hydrogen (secondary N) is 1. The lowest BCUT2D eigenvalue weighted by Crippen LogP contribution is -2.34. The molecule has 0 radical (unpaired) electrons. The van der Waals surface area contributed by atoms with Crippen LogP contribution in [0, 0.1) is 5.92 Å². The number of hydrogen-bond donors (Lipinski definition) is 1. The first-order valence-electron chi connectivity index (χ1n) is 11.5. The van der Waals surface area contributed by atoms with Gasteiger partial charge in [-0.15, -0.1) is 0 Å². The van der Waals surface area contributed by atoms with Gasteiger partial charge >= 0.3 is 0 Å². The summed E-state index contributed by atoms with van der Waals surface area (Å²) in [6.07, 6.45) is 2.56. The highest BCUT2D eigenvalue weighted by Gasteiger charge is 2.18. The van der Waals surface area contributed by atoms with E-state index in [1.54, 1.807) is 0 Å². The van der Waals surface area contributed by atoms with Gasteiger partial charge < -0.3 is 15.0 Å². The zero-order valence-corrected chi connectivity index (χ0v) is 19.0. The molecular weight excluding hydrogens is 396 g/mol. The molecule has 1 aliphatic heterocycles. The van der Waals surface area contributed by atoms with Crippen LogP contribution < -0.4 is 15.0 Å². The van der Waals surface area contributed by atoms with Gasteiger partial charge in [0.2, 0.25) is 0 Å². The average molecular weight is 429 g/mol. The van der Waals surface area contributed by atoms with E-state index in [4.69, 9.17) is 4.74 Å². The SMILES string of the molecule is C[C@H]1CCCN(c2ccc([C@@H](C)NC(=O)c3ccccc3OCc3ccccc3)cc2)C1. The number of hydrogen-bond acceptors (Lipinski definition) is 3. The molecule has 1 saturated heterocycles. The van der Waals surface area contributed by atoms with Crippen molar-refractivity contribution in [2.75, 3.05) is 18.0 Å². The first-order valence-corrected chi connectivity index (χ1v) is 11.5. The Hall–Kier alpha value is -3.27. The maximum atomic E-state index is 13.0. The maximum Gasteiger partial charge on any atom is 0.255 e. The van der Waals surface area contributed by atoms with Crippen molar-refractivity contribution < 1.29 is 9.53 Å². The number of anilines is 1. The summed E-state index contributed by atoms with van der Waals surface area (Å²) in [5.41, 5.74) is 3.97. The summed E-state index contributed by atoms with van der Waals surface area (Å²) in [6, 6.07) is 25.9. The number of carbonyl (C=O) groups is 1. The number of para-hydroxylation sites is 1. The quantitative estimate of drug-likeness (QED) is 0.502. The van der Waals surface area contributed by atoms with E-state index in [0.717, 1.165) is 30.1 Å². The molecule has 3 aromatic rings. The molecule has 1 aliphatic rings. The number of nitrogens with zero attached hydrogens (tertiary/aromatic N) is 1. The van der Waals surface area contributed by atoms with Gasteiger partial charge in [-0.25, -0.2) is 0 Å². The third-order valence-corrected chi connectivity index (χ3v) is 6.13. The van der Waals surface area contributed by atoms with Crippen LogP contribution in [0.4, 0.5) is 5.69 Å². The second kappa shape index (κ2) is 10.4. The minimum absolute atomic E-state index is 0.0981. The van der Waals surface area contributed by atoms with Crippen LogP contribution in [0.2, 0.25) is 0 Å².